The van der Waals surface area contributed by atoms with Crippen molar-refractivity contribution in [2.75, 3.05) is 26.8 Å². The maximum atomic E-state index is 12.7. The highest BCUT2D eigenvalue weighted by atomic mass is 16.5. The normalized spacial score (nSPS) is 17.2. The molecule has 1 aliphatic heterocycles. The number of carbonyl (C=O) groups is 1. The molecule has 1 fully saturated rings. The molecular formula is C16H20N4O3. The second kappa shape index (κ2) is 6.47. The van der Waals surface area contributed by atoms with Crippen molar-refractivity contribution in [3.8, 4) is 5.69 Å². The minimum absolute atomic E-state index is 0.0357. The first-order valence-corrected chi connectivity index (χ1v) is 7.59. The maximum Gasteiger partial charge on any atom is 0.253 e. The molecule has 7 nitrogen and oxygen atoms in total. The van der Waals surface area contributed by atoms with E-state index < -0.39 is 5.60 Å². The average molecular weight is 316 g/mol. The average Bonchev–Trinajstić information content (AvgIpc) is 3.10. The lowest BCUT2D eigenvalue weighted by Crippen LogP contribution is -2.48. The van der Waals surface area contributed by atoms with E-state index in [0.717, 1.165) is 5.69 Å². The smallest absolute Gasteiger partial charge is 0.253 e. The molecule has 1 aromatic carbocycles. The van der Waals surface area contributed by atoms with Gasteiger partial charge in [-0.05, 0) is 31.0 Å². The van der Waals surface area contributed by atoms with E-state index in [9.17, 15) is 9.90 Å². The Hall–Kier alpha value is -2.25. The Morgan fingerprint density at radius 2 is 2.17 bits per heavy atom. The maximum absolute atomic E-state index is 12.7. The quantitative estimate of drug-likeness (QED) is 0.906. The lowest BCUT2D eigenvalue weighted by atomic mass is 9.92. The Morgan fingerprint density at radius 3 is 2.83 bits per heavy atom. The first kappa shape index (κ1) is 15.6. The minimum atomic E-state index is -0.825. The number of ether oxygens (including phenoxy) is 1. The number of likely N-dealkylation sites (tertiary alicyclic amines) is 1. The monoisotopic (exact) mass is 316 g/mol. The van der Waals surface area contributed by atoms with Gasteiger partial charge in [0.2, 0.25) is 0 Å². The van der Waals surface area contributed by atoms with Gasteiger partial charge in [0, 0.05) is 25.8 Å². The van der Waals surface area contributed by atoms with E-state index >= 15 is 0 Å². The standard InChI is InChI=1S/C16H20N4O3/c1-23-12-16(22)5-8-19(9-6-16)15(21)13-3-2-4-14(11-13)20-10-7-17-18-20/h2-4,7,10-11,22H,5-6,8-9,12H2,1H3. The summed E-state index contributed by atoms with van der Waals surface area (Å²) < 4.78 is 6.67. The number of benzene rings is 1. The summed E-state index contributed by atoms with van der Waals surface area (Å²) in [7, 11) is 1.57. The molecule has 0 spiro atoms. The first-order valence-electron chi connectivity index (χ1n) is 7.59. The Labute approximate surface area is 134 Å². The number of rotatable bonds is 4. The lowest BCUT2D eigenvalue weighted by molar-refractivity contribution is -0.0662. The first-order chi connectivity index (χ1) is 11.1. The van der Waals surface area contributed by atoms with Crippen molar-refractivity contribution in [1.82, 2.24) is 19.9 Å². The summed E-state index contributed by atoms with van der Waals surface area (Å²) in [6, 6.07) is 7.29. The zero-order valence-electron chi connectivity index (χ0n) is 13.1. The molecule has 0 radical (unpaired) electrons. The van der Waals surface area contributed by atoms with E-state index in [1.54, 1.807) is 41.2 Å². The van der Waals surface area contributed by atoms with Crippen LogP contribution in [0.1, 0.15) is 23.2 Å². The third kappa shape index (κ3) is 3.40. The van der Waals surface area contributed by atoms with Crippen LogP contribution in [0, 0.1) is 0 Å². The Balaban J connectivity index is 1.71. The molecule has 7 heteroatoms. The highest BCUT2D eigenvalue weighted by Crippen LogP contribution is 2.24. The molecule has 0 atom stereocenters. The molecule has 0 saturated carbocycles. The van der Waals surface area contributed by atoms with Gasteiger partial charge in [0.1, 0.15) is 0 Å². The molecule has 1 saturated heterocycles. The van der Waals surface area contributed by atoms with Crippen LogP contribution < -0.4 is 0 Å². The van der Waals surface area contributed by atoms with Gasteiger partial charge in [0.25, 0.3) is 5.91 Å². The number of hydrogen-bond acceptors (Lipinski definition) is 5. The molecule has 1 N–H and O–H groups in total. The van der Waals surface area contributed by atoms with E-state index in [4.69, 9.17) is 4.74 Å². The van der Waals surface area contributed by atoms with Crippen LogP contribution in [0.2, 0.25) is 0 Å². The summed E-state index contributed by atoms with van der Waals surface area (Å²) in [6.07, 6.45) is 4.37. The van der Waals surface area contributed by atoms with Crippen LogP contribution in [0.5, 0.6) is 0 Å². The van der Waals surface area contributed by atoms with Gasteiger partial charge in [-0.1, -0.05) is 11.3 Å². The van der Waals surface area contributed by atoms with Gasteiger partial charge in [-0.3, -0.25) is 4.79 Å². The van der Waals surface area contributed by atoms with Crippen LogP contribution >= 0.6 is 0 Å². The Kier molecular flexibility index (Phi) is 4.40. The number of aliphatic hydroxyl groups is 1. The molecule has 0 bridgehead atoms. The van der Waals surface area contributed by atoms with Crippen molar-refractivity contribution in [3.63, 3.8) is 0 Å². The molecule has 1 aliphatic rings. The topological polar surface area (TPSA) is 80.5 Å². The second-order valence-corrected chi connectivity index (χ2v) is 5.85. The number of carbonyl (C=O) groups excluding carboxylic acids is 1. The van der Waals surface area contributed by atoms with E-state index in [1.165, 1.54) is 0 Å². The second-order valence-electron chi connectivity index (χ2n) is 5.85. The molecule has 3 rings (SSSR count). The van der Waals surface area contributed by atoms with Crippen molar-refractivity contribution in [2.24, 2.45) is 0 Å². The zero-order chi connectivity index (χ0) is 16.3. The summed E-state index contributed by atoms with van der Waals surface area (Å²) in [5.41, 5.74) is 0.574. The number of hydrogen-bond donors (Lipinski definition) is 1. The van der Waals surface area contributed by atoms with Gasteiger partial charge in [-0.15, -0.1) is 5.10 Å². The predicted octanol–water partition coefficient (Wildman–Crippen LogP) is 0.881. The van der Waals surface area contributed by atoms with Crippen LogP contribution in [0.25, 0.3) is 5.69 Å². The van der Waals surface area contributed by atoms with E-state index in [-0.39, 0.29) is 5.91 Å². The van der Waals surface area contributed by atoms with Gasteiger partial charge in [-0.2, -0.15) is 0 Å². The number of piperidine rings is 1. The summed E-state index contributed by atoms with van der Waals surface area (Å²) in [5, 5.41) is 18.0. The third-order valence-electron chi connectivity index (χ3n) is 4.17. The van der Waals surface area contributed by atoms with Crippen molar-refractivity contribution in [3.05, 3.63) is 42.2 Å². The number of aromatic nitrogens is 3. The van der Waals surface area contributed by atoms with Crippen LogP contribution in [-0.4, -0.2) is 63.3 Å². The van der Waals surface area contributed by atoms with Crippen LogP contribution in [-0.2, 0) is 4.74 Å². The molecule has 2 heterocycles. The largest absolute Gasteiger partial charge is 0.387 e. The molecule has 1 aromatic heterocycles. The van der Waals surface area contributed by atoms with Crippen molar-refractivity contribution >= 4 is 5.91 Å². The number of methoxy groups -OCH3 is 1. The van der Waals surface area contributed by atoms with E-state index in [2.05, 4.69) is 10.3 Å². The van der Waals surface area contributed by atoms with Crippen molar-refractivity contribution in [1.29, 1.82) is 0 Å². The third-order valence-corrected chi connectivity index (χ3v) is 4.17. The van der Waals surface area contributed by atoms with Gasteiger partial charge in [-0.25, -0.2) is 4.68 Å². The lowest BCUT2D eigenvalue weighted by Gasteiger charge is -2.37. The summed E-state index contributed by atoms with van der Waals surface area (Å²) in [5.74, 6) is -0.0357. The van der Waals surface area contributed by atoms with Gasteiger partial charge in [0.15, 0.2) is 0 Å². The van der Waals surface area contributed by atoms with Crippen LogP contribution in [0.3, 0.4) is 0 Å². The summed E-state index contributed by atoms with van der Waals surface area (Å²) in [4.78, 5) is 14.4. The van der Waals surface area contributed by atoms with E-state index in [1.807, 2.05) is 12.1 Å². The number of amides is 1. The van der Waals surface area contributed by atoms with Crippen LogP contribution in [0.15, 0.2) is 36.7 Å². The van der Waals surface area contributed by atoms with Gasteiger partial charge in [0.05, 0.1) is 30.3 Å². The molecule has 1 amide bonds. The van der Waals surface area contributed by atoms with Gasteiger partial charge < -0.3 is 14.7 Å². The SMILES string of the molecule is COCC1(O)CCN(C(=O)c2cccc(-n3ccnn3)c2)CC1. The predicted molar refractivity (Wildman–Crippen MR) is 83.3 cm³/mol. The summed E-state index contributed by atoms with van der Waals surface area (Å²) >= 11 is 0. The Morgan fingerprint density at radius 1 is 1.39 bits per heavy atom. The Bertz CT molecular complexity index is 664. The number of nitrogens with zero attached hydrogens (tertiary/aromatic N) is 4. The van der Waals surface area contributed by atoms with Crippen molar-refractivity contribution in [2.45, 2.75) is 18.4 Å². The zero-order valence-corrected chi connectivity index (χ0v) is 13.1. The fourth-order valence-corrected chi connectivity index (χ4v) is 2.85. The molecule has 23 heavy (non-hydrogen) atoms. The molecular weight excluding hydrogens is 296 g/mol. The highest BCUT2D eigenvalue weighted by molar-refractivity contribution is 5.94. The fourth-order valence-electron chi connectivity index (χ4n) is 2.85. The molecule has 0 unspecified atom stereocenters. The molecule has 0 aliphatic carbocycles. The van der Waals surface area contributed by atoms with Crippen LogP contribution in [0.4, 0.5) is 0 Å². The molecule has 122 valence electrons. The molecule has 2 aromatic rings. The fraction of sp³-hybridized carbons (Fsp3) is 0.438. The highest BCUT2D eigenvalue weighted by Gasteiger charge is 2.34. The minimum Gasteiger partial charge on any atom is -0.387 e. The van der Waals surface area contributed by atoms with Crippen molar-refractivity contribution < 1.29 is 14.6 Å². The van der Waals surface area contributed by atoms with E-state index in [0.29, 0.717) is 38.1 Å². The van der Waals surface area contributed by atoms with Gasteiger partial charge >= 0.3 is 0 Å². The summed E-state index contributed by atoms with van der Waals surface area (Å²) in [6.45, 7) is 1.34.